The topological polar surface area (TPSA) is 36.1 Å². The Morgan fingerprint density at radius 2 is 2.33 bits per heavy atom. The average Bonchev–Trinajstić information content (AvgIpc) is 1.90. The minimum absolute atomic E-state index is 0.329. The van der Waals surface area contributed by atoms with Gasteiger partial charge in [-0.25, -0.2) is 4.39 Å². The minimum atomic E-state index is -0.743. The molecule has 0 amide bonds. The van der Waals surface area contributed by atoms with Gasteiger partial charge in [-0.2, -0.15) is 5.26 Å². The summed E-state index contributed by atoms with van der Waals surface area (Å²) in [6.45, 7) is 6.09. The Balaban J connectivity index is 4.63. The molecule has 0 aromatic carbocycles. The summed E-state index contributed by atoms with van der Waals surface area (Å²) in [6.07, 6.45) is 0.910. The molecular weight excluding hydrogens is 119 g/mol. The second-order valence-electron chi connectivity index (χ2n) is 1.17. The highest BCUT2D eigenvalue weighted by Gasteiger charge is 1.95. The van der Waals surface area contributed by atoms with Crippen LogP contribution in [0.15, 0.2) is 29.2 Å². The Kier molecular flexibility index (Phi) is 2.99. The maximum absolute atomic E-state index is 12.2. The van der Waals surface area contributed by atoms with E-state index >= 15 is 0 Å². The van der Waals surface area contributed by atoms with Gasteiger partial charge in [0.2, 0.25) is 0 Å². The maximum Gasteiger partial charge on any atom is 0.175 e. The standard InChI is InChI=1S/C6H5FN2/c1-3-5(7)6(4-8)9-2/h3H,1-2H2/b6-5+. The molecule has 0 saturated heterocycles. The molecule has 0 aliphatic carbocycles. The first-order chi connectivity index (χ1) is 4.26. The van der Waals surface area contributed by atoms with E-state index in [1.807, 2.05) is 0 Å². The van der Waals surface area contributed by atoms with E-state index in [4.69, 9.17) is 5.26 Å². The molecule has 0 rings (SSSR count). The van der Waals surface area contributed by atoms with Crippen molar-refractivity contribution in [3.8, 4) is 6.07 Å². The molecule has 0 N–H and O–H groups in total. The normalized spacial score (nSPS) is 11.1. The number of nitrogens with zero attached hydrogens (tertiary/aromatic N) is 2. The summed E-state index contributed by atoms with van der Waals surface area (Å²) in [6, 6.07) is 1.51. The van der Waals surface area contributed by atoms with Crippen molar-refractivity contribution < 1.29 is 4.39 Å². The van der Waals surface area contributed by atoms with Gasteiger partial charge in [0.05, 0.1) is 0 Å². The molecule has 0 aliphatic rings. The van der Waals surface area contributed by atoms with Crippen molar-refractivity contribution in [2.24, 2.45) is 4.99 Å². The first kappa shape index (κ1) is 7.57. The zero-order valence-corrected chi connectivity index (χ0v) is 4.76. The molecular formula is C6H5FN2. The molecule has 0 aromatic rings. The lowest BCUT2D eigenvalue weighted by molar-refractivity contribution is 0.658. The van der Waals surface area contributed by atoms with Gasteiger partial charge in [0.1, 0.15) is 6.07 Å². The fourth-order valence-corrected chi connectivity index (χ4v) is 0.261. The first-order valence-electron chi connectivity index (χ1n) is 2.15. The van der Waals surface area contributed by atoms with Crippen LogP contribution in [0.4, 0.5) is 4.39 Å². The number of nitriles is 1. The lowest BCUT2D eigenvalue weighted by Crippen LogP contribution is -1.74. The van der Waals surface area contributed by atoms with Crippen molar-refractivity contribution in [2.45, 2.75) is 0 Å². The van der Waals surface area contributed by atoms with Gasteiger partial charge in [0, 0.05) is 0 Å². The van der Waals surface area contributed by atoms with Crippen LogP contribution < -0.4 is 0 Å². The molecule has 46 valence electrons. The summed E-state index contributed by atoms with van der Waals surface area (Å²) < 4.78 is 12.2. The van der Waals surface area contributed by atoms with E-state index in [1.165, 1.54) is 6.07 Å². The summed E-state index contributed by atoms with van der Waals surface area (Å²) in [7, 11) is 0. The van der Waals surface area contributed by atoms with Gasteiger partial charge >= 0.3 is 0 Å². The van der Waals surface area contributed by atoms with Crippen molar-refractivity contribution >= 4 is 6.72 Å². The van der Waals surface area contributed by atoms with Gasteiger partial charge < -0.3 is 0 Å². The molecule has 0 fully saturated rings. The quantitative estimate of drug-likeness (QED) is 0.312. The Hall–Kier alpha value is -1.43. The van der Waals surface area contributed by atoms with E-state index in [9.17, 15) is 4.39 Å². The van der Waals surface area contributed by atoms with Crippen LogP contribution >= 0.6 is 0 Å². The summed E-state index contributed by atoms with van der Waals surface area (Å²) in [5.41, 5.74) is -0.329. The van der Waals surface area contributed by atoms with E-state index in [-0.39, 0.29) is 5.70 Å². The van der Waals surface area contributed by atoms with Crippen LogP contribution in [-0.4, -0.2) is 6.72 Å². The Morgan fingerprint density at radius 3 is 2.44 bits per heavy atom. The predicted molar refractivity (Wildman–Crippen MR) is 33.5 cm³/mol. The largest absolute Gasteiger partial charge is 0.251 e. The molecule has 0 saturated carbocycles. The zero-order valence-electron chi connectivity index (χ0n) is 4.76. The third kappa shape index (κ3) is 1.87. The fraction of sp³-hybridized carbons (Fsp3) is 0. The van der Waals surface area contributed by atoms with Crippen LogP contribution in [0.2, 0.25) is 0 Å². The summed E-state index contributed by atoms with van der Waals surface area (Å²) in [4.78, 5) is 3.10. The molecule has 3 heteroatoms. The summed E-state index contributed by atoms with van der Waals surface area (Å²) >= 11 is 0. The predicted octanol–water partition coefficient (Wildman–Crippen LogP) is 1.58. The molecule has 0 bridgehead atoms. The molecule has 2 nitrogen and oxygen atoms in total. The summed E-state index contributed by atoms with van der Waals surface area (Å²) in [5, 5.41) is 8.10. The molecule has 0 atom stereocenters. The van der Waals surface area contributed by atoms with Gasteiger partial charge in [-0.05, 0) is 12.8 Å². The third-order valence-corrected chi connectivity index (χ3v) is 0.669. The zero-order chi connectivity index (χ0) is 7.28. The number of hydrogen-bond donors (Lipinski definition) is 0. The van der Waals surface area contributed by atoms with Crippen LogP contribution in [0.3, 0.4) is 0 Å². The number of aliphatic imine (C=N–C) groups is 1. The highest BCUT2D eigenvalue weighted by molar-refractivity contribution is 5.37. The van der Waals surface area contributed by atoms with Crippen molar-refractivity contribution in [1.82, 2.24) is 0 Å². The smallest absolute Gasteiger partial charge is 0.175 e. The molecule has 0 aromatic heterocycles. The Bertz CT molecular complexity index is 198. The van der Waals surface area contributed by atoms with Crippen molar-refractivity contribution in [3.05, 3.63) is 24.2 Å². The molecule has 0 spiro atoms. The second kappa shape index (κ2) is 3.56. The van der Waals surface area contributed by atoms with Crippen molar-refractivity contribution in [1.29, 1.82) is 5.26 Å². The van der Waals surface area contributed by atoms with Crippen molar-refractivity contribution in [2.75, 3.05) is 0 Å². The molecule has 9 heavy (non-hydrogen) atoms. The van der Waals surface area contributed by atoms with E-state index in [0.29, 0.717) is 0 Å². The number of halogens is 1. The lowest BCUT2D eigenvalue weighted by atomic mass is 10.4. The molecule has 0 heterocycles. The van der Waals surface area contributed by atoms with Gasteiger partial charge in [-0.3, -0.25) is 4.99 Å². The third-order valence-electron chi connectivity index (χ3n) is 0.669. The lowest BCUT2D eigenvalue weighted by Gasteiger charge is -1.84. The molecule has 0 aliphatic heterocycles. The van der Waals surface area contributed by atoms with Gasteiger partial charge in [0.15, 0.2) is 11.5 Å². The van der Waals surface area contributed by atoms with Crippen LogP contribution in [-0.2, 0) is 0 Å². The molecule has 0 unspecified atom stereocenters. The van der Waals surface area contributed by atoms with Gasteiger partial charge in [-0.15, -0.1) is 0 Å². The average molecular weight is 124 g/mol. The first-order valence-corrected chi connectivity index (χ1v) is 2.15. The van der Waals surface area contributed by atoms with Crippen molar-refractivity contribution in [3.63, 3.8) is 0 Å². The minimum Gasteiger partial charge on any atom is -0.251 e. The van der Waals surface area contributed by atoms with E-state index < -0.39 is 5.83 Å². The number of rotatable bonds is 2. The van der Waals surface area contributed by atoms with Gasteiger partial charge in [-0.1, -0.05) is 6.58 Å². The van der Waals surface area contributed by atoms with E-state index in [1.54, 1.807) is 0 Å². The number of allylic oxidation sites excluding steroid dienone is 3. The second-order valence-corrected chi connectivity index (χ2v) is 1.17. The fourth-order valence-electron chi connectivity index (χ4n) is 0.261. The van der Waals surface area contributed by atoms with Crippen LogP contribution in [0.1, 0.15) is 0 Å². The Labute approximate surface area is 52.6 Å². The SMILES string of the molecule is C=C/C(F)=C(/C#N)N=C. The highest BCUT2D eigenvalue weighted by atomic mass is 19.1. The van der Waals surface area contributed by atoms with Crippen LogP contribution in [0.5, 0.6) is 0 Å². The monoisotopic (exact) mass is 124 g/mol. The van der Waals surface area contributed by atoms with Crippen LogP contribution in [0.25, 0.3) is 0 Å². The highest BCUT2D eigenvalue weighted by Crippen LogP contribution is 2.05. The molecule has 0 radical (unpaired) electrons. The van der Waals surface area contributed by atoms with Gasteiger partial charge in [0.25, 0.3) is 0 Å². The van der Waals surface area contributed by atoms with Crippen LogP contribution in [0, 0.1) is 11.3 Å². The maximum atomic E-state index is 12.2. The summed E-state index contributed by atoms with van der Waals surface area (Å²) in [5.74, 6) is -0.743. The number of hydrogen-bond acceptors (Lipinski definition) is 2. The van der Waals surface area contributed by atoms with E-state index in [2.05, 4.69) is 18.3 Å². The Morgan fingerprint density at radius 1 is 1.78 bits per heavy atom. The van der Waals surface area contributed by atoms with E-state index in [0.717, 1.165) is 6.08 Å².